The molecule has 25 heavy (non-hydrogen) atoms. The molecule has 1 aromatic rings. The van der Waals surface area contributed by atoms with Gasteiger partial charge in [0.2, 0.25) is 5.91 Å². The van der Waals surface area contributed by atoms with E-state index in [0.717, 1.165) is 5.56 Å². The number of methoxy groups -OCH3 is 1. The van der Waals surface area contributed by atoms with Gasteiger partial charge in [0.1, 0.15) is 0 Å². The first-order chi connectivity index (χ1) is 12.0. The maximum Gasteiger partial charge on any atom is 0.242 e. The summed E-state index contributed by atoms with van der Waals surface area (Å²) in [4.78, 5) is 20.3. The third kappa shape index (κ3) is 6.25. The van der Waals surface area contributed by atoms with Crippen LogP contribution >= 0.6 is 0 Å². The number of carbonyl (C=O) groups is 1. The summed E-state index contributed by atoms with van der Waals surface area (Å²) < 4.78 is 18.7. The van der Waals surface area contributed by atoms with Crippen molar-refractivity contribution in [3.8, 4) is 5.75 Å². The van der Waals surface area contributed by atoms with Crippen LogP contribution in [0.4, 0.5) is 4.39 Å². The molecule has 0 aliphatic carbocycles. The fraction of sp³-hybridized carbons (Fsp3) is 0.556. The average Bonchev–Trinajstić information content (AvgIpc) is 2.59. The zero-order valence-electron chi connectivity index (χ0n) is 15.8. The van der Waals surface area contributed by atoms with Crippen LogP contribution in [-0.4, -0.2) is 62.0 Å². The SMILES string of the molecule is CCNC(=NCc1ccc(OC)c(F)c1)N(C)CC(=O)N(CC)CC. The lowest BCUT2D eigenvalue weighted by Crippen LogP contribution is -2.45. The minimum Gasteiger partial charge on any atom is -0.494 e. The van der Waals surface area contributed by atoms with Crippen molar-refractivity contribution in [2.75, 3.05) is 40.3 Å². The highest BCUT2D eigenvalue weighted by atomic mass is 19.1. The highest BCUT2D eigenvalue weighted by Crippen LogP contribution is 2.18. The van der Waals surface area contributed by atoms with Crippen LogP contribution in [-0.2, 0) is 11.3 Å². The molecule has 140 valence electrons. The lowest BCUT2D eigenvalue weighted by Gasteiger charge is -2.25. The first kappa shape index (κ1) is 20.7. The quantitative estimate of drug-likeness (QED) is 0.575. The smallest absolute Gasteiger partial charge is 0.242 e. The van der Waals surface area contributed by atoms with Crippen LogP contribution in [0.25, 0.3) is 0 Å². The Balaban J connectivity index is 2.82. The minimum atomic E-state index is -0.412. The fourth-order valence-corrected chi connectivity index (χ4v) is 2.40. The third-order valence-corrected chi connectivity index (χ3v) is 3.81. The van der Waals surface area contributed by atoms with Gasteiger partial charge >= 0.3 is 0 Å². The molecule has 0 heterocycles. The summed E-state index contributed by atoms with van der Waals surface area (Å²) in [6, 6.07) is 4.77. The monoisotopic (exact) mass is 352 g/mol. The molecule has 0 atom stereocenters. The number of hydrogen-bond donors (Lipinski definition) is 1. The molecule has 0 saturated carbocycles. The number of aliphatic imine (C=N–C) groups is 1. The second-order valence-corrected chi connectivity index (χ2v) is 5.56. The Morgan fingerprint density at radius 3 is 2.48 bits per heavy atom. The van der Waals surface area contributed by atoms with E-state index in [2.05, 4.69) is 10.3 Å². The van der Waals surface area contributed by atoms with Gasteiger partial charge in [0.25, 0.3) is 0 Å². The average molecular weight is 352 g/mol. The van der Waals surface area contributed by atoms with Gasteiger partial charge in [0, 0.05) is 26.7 Å². The molecule has 0 aromatic heterocycles. The van der Waals surface area contributed by atoms with Crippen LogP contribution in [0, 0.1) is 5.82 Å². The van der Waals surface area contributed by atoms with Gasteiger partial charge in [-0.1, -0.05) is 6.07 Å². The van der Waals surface area contributed by atoms with Crippen molar-refractivity contribution in [3.63, 3.8) is 0 Å². The molecule has 0 spiro atoms. The predicted molar refractivity (Wildman–Crippen MR) is 98.3 cm³/mol. The van der Waals surface area contributed by atoms with Crippen LogP contribution in [0.2, 0.25) is 0 Å². The number of hydrogen-bond acceptors (Lipinski definition) is 3. The van der Waals surface area contributed by atoms with E-state index in [1.807, 2.05) is 27.8 Å². The summed E-state index contributed by atoms with van der Waals surface area (Å²) in [6.45, 7) is 8.47. The molecular weight excluding hydrogens is 323 g/mol. The number of carbonyl (C=O) groups excluding carboxylic acids is 1. The van der Waals surface area contributed by atoms with Gasteiger partial charge in [-0.25, -0.2) is 9.38 Å². The van der Waals surface area contributed by atoms with Crippen LogP contribution in [0.1, 0.15) is 26.3 Å². The number of halogens is 1. The van der Waals surface area contributed by atoms with Crippen molar-refractivity contribution in [1.29, 1.82) is 0 Å². The molecule has 0 fully saturated rings. The summed E-state index contributed by atoms with van der Waals surface area (Å²) in [6.07, 6.45) is 0. The van der Waals surface area contributed by atoms with E-state index in [9.17, 15) is 9.18 Å². The Morgan fingerprint density at radius 2 is 1.96 bits per heavy atom. The van der Waals surface area contributed by atoms with E-state index in [0.29, 0.717) is 32.1 Å². The number of nitrogens with zero attached hydrogens (tertiary/aromatic N) is 3. The lowest BCUT2D eigenvalue weighted by molar-refractivity contribution is -0.131. The van der Waals surface area contributed by atoms with Crippen molar-refractivity contribution in [3.05, 3.63) is 29.6 Å². The van der Waals surface area contributed by atoms with Gasteiger partial charge < -0.3 is 19.9 Å². The van der Waals surface area contributed by atoms with E-state index in [-0.39, 0.29) is 18.2 Å². The first-order valence-corrected chi connectivity index (χ1v) is 8.56. The Labute approximate surface area is 149 Å². The first-order valence-electron chi connectivity index (χ1n) is 8.56. The predicted octanol–water partition coefficient (Wildman–Crippen LogP) is 2.10. The summed E-state index contributed by atoms with van der Waals surface area (Å²) in [5.41, 5.74) is 0.733. The van der Waals surface area contributed by atoms with Gasteiger partial charge in [-0.15, -0.1) is 0 Å². The number of likely N-dealkylation sites (N-methyl/N-ethyl adjacent to an activating group) is 2. The van der Waals surface area contributed by atoms with Crippen LogP contribution in [0.3, 0.4) is 0 Å². The van der Waals surface area contributed by atoms with Crippen molar-refractivity contribution in [2.45, 2.75) is 27.3 Å². The zero-order chi connectivity index (χ0) is 18.8. The number of guanidine groups is 1. The van der Waals surface area contributed by atoms with Gasteiger partial charge in [-0.3, -0.25) is 4.79 Å². The zero-order valence-corrected chi connectivity index (χ0v) is 15.8. The minimum absolute atomic E-state index is 0.0496. The number of ether oxygens (including phenoxy) is 1. The van der Waals surface area contributed by atoms with Gasteiger partial charge in [-0.05, 0) is 38.5 Å². The highest BCUT2D eigenvalue weighted by Gasteiger charge is 2.15. The molecule has 1 aromatic carbocycles. The lowest BCUT2D eigenvalue weighted by atomic mass is 10.2. The van der Waals surface area contributed by atoms with E-state index in [1.54, 1.807) is 21.9 Å². The third-order valence-electron chi connectivity index (χ3n) is 3.81. The van der Waals surface area contributed by atoms with E-state index in [1.165, 1.54) is 13.2 Å². The van der Waals surface area contributed by atoms with Crippen molar-refractivity contribution < 1.29 is 13.9 Å². The molecule has 7 heteroatoms. The van der Waals surface area contributed by atoms with Gasteiger partial charge in [0.05, 0.1) is 20.2 Å². The molecular formula is C18H29FN4O2. The standard InChI is InChI=1S/C18H29FN4O2/c1-6-20-18(22(4)13-17(24)23(7-2)8-3)21-12-14-9-10-16(25-5)15(19)11-14/h9-11H,6-8,12-13H2,1-5H3,(H,20,21). The Kier molecular flexibility index (Phi) is 8.74. The number of rotatable bonds is 8. The molecule has 0 aliphatic heterocycles. The topological polar surface area (TPSA) is 57.2 Å². The van der Waals surface area contributed by atoms with Crippen molar-refractivity contribution in [1.82, 2.24) is 15.1 Å². The molecule has 1 N–H and O–H groups in total. The molecule has 1 rings (SSSR count). The Morgan fingerprint density at radius 1 is 1.28 bits per heavy atom. The summed E-state index contributed by atoms with van der Waals surface area (Å²) >= 11 is 0. The van der Waals surface area contributed by atoms with E-state index in [4.69, 9.17) is 4.74 Å². The second-order valence-electron chi connectivity index (χ2n) is 5.56. The van der Waals surface area contributed by atoms with Crippen LogP contribution < -0.4 is 10.1 Å². The summed E-state index contributed by atoms with van der Waals surface area (Å²) in [5, 5.41) is 3.16. The molecule has 0 radical (unpaired) electrons. The molecule has 0 bridgehead atoms. The second kappa shape index (κ2) is 10.5. The summed E-state index contributed by atoms with van der Waals surface area (Å²) in [7, 11) is 3.25. The normalized spacial score (nSPS) is 11.2. The number of nitrogens with one attached hydrogen (secondary N) is 1. The molecule has 0 aliphatic rings. The Bertz CT molecular complexity index is 588. The van der Waals surface area contributed by atoms with Crippen molar-refractivity contribution >= 4 is 11.9 Å². The van der Waals surface area contributed by atoms with Gasteiger partial charge in [0.15, 0.2) is 17.5 Å². The number of amides is 1. The van der Waals surface area contributed by atoms with Crippen LogP contribution in [0.15, 0.2) is 23.2 Å². The highest BCUT2D eigenvalue weighted by molar-refractivity contribution is 5.86. The Hall–Kier alpha value is -2.31. The fourth-order valence-electron chi connectivity index (χ4n) is 2.40. The summed E-state index contributed by atoms with van der Waals surface area (Å²) in [5.74, 6) is 0.458. The van der Waals surface area contributed by atoms with Gasteiger partial charge in [-0.2, -0.15) is 0 Å². The van der Waals surface area contributed by atoms with Crippen LogP contribution in [0.5, 0.6) is 5.75 Å². The maximum absolute atomic E-state index is 13.8. The van der Waals surface area contributed by atoms with E-state index >= 15 is 0 Å². The molecule has 0 saturated heterocycles. The molecule has 0 unspecified atom stereocenters. The largest absolute Gasteiger partial charge is 0.494 e. The van der Waals surface area contributed by atoms with Crippen molar-refractivity contribution in [2.24, 2.45) is 4.99 Å². The number of benzene rings is 1. The van der Waals surface area contributed by atoms with E-state index < -0.39 is 5.82 Å². The maximum atomic E-state index is 13.8. The molecule has 6 nitrogen and oxygen atoms in total. The molecule has 1 amide bonds.